The lowest BCUT2D eigenvalue weighted by atomic mass is 10.1. The lowest BCUT2D eigenvalue weighted by Crippen LogP contribution is -2.01. The highest BCUT2D eigenvalue weighted by atomic mass is 16.4. The van der Waals surface area contributed by atoms with Crippen LogP contribution in [0.1, 0.15) is 37.7 Å². The van der Waals surface area contributed by atoms with Crippen molar-refractivity contribution >= 4 is 17.8 Å². The summed E-state index contributed by atoms with van der Waals surface area (Å²) in [5.74, 6) is -1.11. The second-order valence-electron chi connectivity index (χ2n) is 5.92. The molecule has 0 saturated carbocycles. The number of rotatable bonds is 5. The van der Waals surface area contributed by atoms with E-state index in [2.05, 4.69) is 5.10 Å². The Morgan fingerprint density at radius 1 is 1.00 bits per heavy atom. The molecule has 1 aromatic heterocycles. The SMILES string of the molecule is Cc1nn(-c2ccccc2)c(C)c1C(=O)C=Cc1ccc(C(=O)O)cc1. The summed E-state index contributed by atoms with van der Waals surface area (Å²) in [7, 11) is 0. The zero-order valence-electron chi connectivity index (χ0n) is 14.5. The first-order valence-electron chi connectivity index (χ1n) is 8.15. The monoisotopic (exact) mass is 346 g/mol. The van der Waals surface area contributed by atoms with Crippen LogP contribution < -0.4 is 0 Å². The number of ketones is 1. The van der Waals surface area contributed by atoms with Crippen LogP contribution in [-0.2, 0) is 0 Å². The number of carbonyl (C=O) groups is 2. The Hall–Kier alpha value is -3.47. The van der Waals surface area contributed by atoms with Gasteiger partial charge >= 0.3 is 5.97 Å². The smallest absolute Gasteiger partial charge is 0.335 e. The molecule has 0 bridgehead atoms. The standard InChI is InChI=1S/C21H18N2O3/c1-14-20(15(2)23(22-14)18-6-4-3-5-7-18)19(24)13-10-16-8-11-17(12-9-16)21(25)26/h3-13H,1-2H3,(H,25,26). The minimum atomic E-state index is -0.976. The third-order valence-electron chi connectivity index (χ3n) is 4.12. The van der Waals surface area contributed by atoms with Crippen molar-refractivity contribution in [1.29, 1.82) is 0 Å². The van der Waals surface area contributed by atoms with Gasteiger partial charge in [0, 0.05) is 0 Å². The fraction of sp³-hybridized carbons (Fsp3) is 0.0952. The Labute approximate surface area is 151 Å². The molecule has 0 saturated heterocycles. The molecule has 0 unspecified atom stereocenters. The normalized spacial score (nSPS) is 11.0. The second-order valence-corrected chi connectivity index (χ2v) is 5.92. The van der Waals surface area contributed by atoms with Crippen molar-refractivity contribution in [3.05, 3.63) is 88.8 Å². The molecule has 0 aliphatic heterocycles. The van der Waals surface area contributed by atoms with E-state index < -0.39 is 5.97 Å². The zero-order chi connectivity index (χ0) is 18.7. The third-order valence-corrected chi connectivity index (χ3v) is 4.12. The predicted molar refractivity (Wildman–Crippen MR) is 99.8 cm³/mol. The van der Waals surface area contributed by atoms with Crippen molar-refractivity contribution in [2.24, 2.45) is 0 Å². The molecule has 1 heterocycles. The molecule has 2 aromatic carbocycles. The van der Waals surface area contributed by atoms with Crippen molar-refractivity contribution in [2.45, 2.75) is 13.8 Å². The van der Waals surface area contributed by atoms with Gasteiger partial charge in [0.25, 0.3) is 0 Å². The van der Waals surface area contributed by atoms with E-state index in [-0.39, 0.29) is 11.3 Å². The van der Waals surface area contributed by atoms with E-state index in [0.717, 1.165) is 16.9 Å². The average Bonchev–Trinajstić information content (AvgIpc) is 2.95. The number of hydrogen-bond donors (Lipinski definition) is 1. The van der Waals surface area contributed by atoms with Crippen LogP contribution in [0.25, 0.3) is 11.8 Å². The van der Waals surface area contributed by atoms with Crippen LogP contribution in [0.15, 0.2) is 60.7 Å². The maximum Gasteiger partial charge on any atom is 0.335 e. The molecule has 5 nitrogen and oxygen atoms in total. The number of aryl methyl sites for hydroxylation is 1. The van der Waals surface area contributed by atoms with E-state index in [1.54, 1.807) is 22.9 Å². The molecule has 1 N–H and O–H groups in total. The molecule has 26 heavy (non-hydrogen) atoms. The topological polar surface area (TPSA) is 72.2 Å². The van der Waals surface area contributed by atoms with Crippen molar-refractivity contribution < 1.29 is 14.7 Å². The Morgan fingerprint density at radius 2 is 1.65 bits per heavy atom. The second kappa shape index (κ2) is 7.19. The first-order valence-corrected chi connectivity index (χ1v) is 8.15. The van der Waals surface area contributed by atoms with Crippen LogP contribution >= 0.6 is 0 Å². The van der Waals surface area contributed by atoms with Crippen molar-refractivity contribution in [2.75, 3.05) is 0 Å². The largest absolute Gasteiger partial charge is 0.478 e. The Morgan fingerprint density at radius 3 is 2.27 bits per heavy atom. The summed E-state index contributed by atoms with van der Waals surface area (Å²) in [6.07, 6.45) is 3.16. The number of hydrogen-bond acceptors (Lipinski definition) is 3. The molecule has 0 amide bonds. The number of benzene rings is 2. The molecular weight excluding hydrogens is 328 g/mol. The van der Waals surface area contributed by atoms with Crippen molar-refractivity contribution in [1.82, 2.24) is 9.78 Å². The van der Waals surface area contributed by atoms with Gasteiger partial charge in [-0.1, -0.05) is 36.4 Å². The summed E-state index contributed by atoms with van der Waals surface area (Å²) in [4.78, 5) is 23.5. The van der Waals surface area contributed by atoms with Gasteiger partial charge in [-0.25, -0.2) is 9.48 Å². The summed E-state index contributed by atoms with van der Waals surface area (Å²) in [5.41, 5.74) is 3.90. The fourth-order valence-electron chi connectivity index (χ4n) is 2.81. The van der Waals surface area contributed by atoms with E-state index in [1.165, 1.54) is 18.2 Å². The van der Waals surface area contributed by atoms with Crippen LogP contribution in [0.3, 0.4) is 0 Å². The average molecular weight is 346 g/mol. The summed E-state index contributed by atoms with van der Waals surface area (Å²) >= 11 is 0. The van der Waals surface area contributed by atoms with Crippen LogP contribution in [0.2, 0.25) is 0 Å². The van der Waals surface area contributed by atoms with Crippen LogP contribution in [0, 0.1) is 13.8 Å². The maximum absolute atomic E-state index is 12.6. The van der Waals surface area contributed by atoms with Gasteiger partial charge in [0.1, 0.15) is 0 Å². The molecule has 0 aliphatic carbocycles. The quantitative estimate of drug-likeness (QED) is 0.558. The molecule has 130 valence electrons. The lowest BCUT2D eigenvalue weighted by molar-refractivity contribution is 0.0696. The molecule has 3 aromatic rings. The third kappa shape index (κ3) is 3.47. The first-order chi connectivity index (χ1) is 12.5. The van der Waals surface area contributed by atoms with Gasteiger partial charge in [-0.3, -0.25) is 4.79 Å². The van der Waals surface area contributed by atoms with E-state index in [9.17, 15) is 9.59 Å². The highest BCUT2D eigenvalue weighted by Gasteiger charge is 2.17. The molecule has 0 spiro atoms. The summed E-state index contributed by atoms with van der Waals surface area (Å²) in [6, 6.07) is 16.0. The highest BCUT2D eigenvalue weighted by molar-refractivity contribution is 6.08. The fourth-order valence-corrected chi connectivity index (χ4v) is 2.81. The number of carboxylic acids is 1. The predicted octanol–water partition coefficient (Wildman–Crippen LogP) is 4.08. The summed E-state index contributed by atoms with van der Waals surface area (Å²) in [6.45, 7) is 3.69. The summed E-state index contributed by atoms with van der Waals surface area (Å²) < 4.78 is 1.76. The van der Waals surface area contributed by atoms with Crippen molar-refractivity contribution in [3.63, 3.8) is 0 Å². The Bertz CT molecular complexity index is 984. The highest BCUT2D eigenvalue weighted by Crippen LogP contribution is 2.19. The lowest BCUT2D eigenvalue weighted by Gasteiger charge is -2.04. The minimum Gasteiger partial charge on any atom is -0.478 e. The van der Waals surface area contributed by atoms with Crippen LogP contribution in [0.5, 0.6) is 0 Å². The molecular formula is C21H18N2O3. The zero-order valence-corrected chi connectivity index (χ0v) is 14.5. The number of allylic oxidation sites excluding steroid dienone is 1. The number of carboxylic acid groups (broad SMARTS) is 1. The molecule has 0 aliphatic rings. The van der Waals surface area contributed by atoms with Gasteiger partial charge in [-0.15, -0.1) is 0 Å². The first kappa shape index (κ1) is 17.4. The maximum atomic E-state index is 12.6. The van der Waals surface area contributed by atoms with Gasteiger partial charge < -0.3 is 5.11 Å². The minimum absolute atomic E-state index is 0.135. The van der Waals surface area contributed by atoms with E-state index in [0.29, 0.717) is 11.3 Å². The molecule has 3 rings (SSSR count). The number of aromatic carboxylic acids is 1. The number of aromatic nitrogens is 2. The number of nitrogens with zero attached hydrogens (tertiary/aromatic N) is 2. The Kier molecular flexibility index (Phi) is 4.80. The van der Waals surface area contributed by atoms with Gasteiger partial charge in [-0.05, 0) is 49.8 Å². The van der Waals surface area contributed by atoms with Crippen LogP contribution in [0.4, 0.5) is 0 Å². The van der Waals surface area contributed by atoms with E-state index >= 15 is 0 Å². The molecule has 0 fully saturated rings. The Balaban J connectivity index is 1.86. The molecule has 0 radical (unpaired) electrons. The van der Waals surface area contributed by atoms with E-state index in [4.69, 9.17) is 5.11 Å². The van der Waals surface area contributed by atoms with Crippen molar-refractivity contribution in [3.8, 4) is 5.69 Å². The summed E-state index contributed by atoms with van der Waals surface area (Å²) in [5, 5.41) is 13.4. The molecule has 0 atom stereocenters. The van der Waals surface area contributed by atoms with Gasteiger partial charge in [0.15, 0.2) is 5.78 Å². The number of carbonyl (C=O) groups excluding carboxylic acids is 1. The van der Waals surface area contributed by atoms with Crippen LogP contribution in [-0.4, -0.2) is 26.6 Å². The molecule has 5 heteroatoms. The number of para-hydroxylation sites is 1. The van der Waals surface area contributed by atoms with Gasteiger partial charge in [-0.2, -0.15) is 5.10 Å². The van der Waals surface area contributed by atoms with Gasteiger partial charge in [0.2, 0.25) is 0 Å². The van der Waals surface area contributed by atoms with E-state index in [1.807, 2.05) is 44.2 Å². The van der Waals surface area contributed by atoms with Gasteiger partial charge in [0.05, 0.1) is 28.2 Å².